The SMILES string of the molecule is CC(O)C1CCN(C(=O)CCc2ccc(N)cc2)C1. The summed E-state index contributed by atoms with van der Waals surface area (Å²) in [5.41, 5.74) is 7.50. The van der Waals surface area contributed by atoms with Crippen molar-refractivity contribution in [3.63, 3.8) is 0 Å². The topological polar surface area (TPSA) is 66.6 Å². The number of anilines is 1. The van der Waals surface area contributed by atoms with E-state index in [0.717, 1.165) is 30.6 Å². The molecule has 1 aromatic rings. The summed E-state index contributed by atoms with van der Waals surface area (Å²) < 4.78 is 0. The summed E-state index contributed by atoms with van der Waals surface area (Å²) in [5.74, 6) is 0.417. The molecule has 1 fully saturated rings. The molecule has 1 aliphatic rings. The van der Waals surface area contributed by atoms with Crippen LogP contribution in [0.2, 0.25) is 0 Å². The zero-order chi connectivity index (χ0) is 13.8. The molecule has 2 atom stereocenters. The number of aryl methyl sites for hydroxylation is 1. The van der Waals surface area contributed by atoms with Gasteiger partial charge >= 0.3 is 0 Å². The molecule has 1 saturated heterocycles. The number of nitrogens with zero attached hydrogens (tertiary/aromatic N) is 1. The first-order chi connectivity index (χ1) is 9.06. The number of benzene rings is 1. The quantitative estimate of drug-likeness (QED) is 0.807. The van der Waals surface area contributed by atoms with Gasteiger partial charge in [-0.15, -0.1) is 0 Å². The maximum Gasteiger partial charge on any atom is 0.222 e. The van der Waals surface area contributed by atoms with Crippen LogP contribution in [-0.2, 0) is 11.2 Å². The molecule has 104 valence electrons. The number of carbonyl (C=O) groups is 1. The van der Waals surface area contributed by atoms with Crippen LogP contribution in [0.5, 0.6) is 0 Å². The molecule has 2 unspecified atom stereocenters. The molecule has 1 amide bonds. The highest BCUT2D eigenvalue weighted by Crippen LogP contribution is 2.20. The largest absolute Gasteiger partial charge is 0.399 e. The summed E-state index contributed by atoms with van der Waals surface area (Å²) in [6, 6.07) is 7.65. The molecular weight excluding hydrogens is 240 g/mol. The highest BCUT2D eigenvalue weighted by Gasteiger charge is 2.28. The van der Waals surface area contributed by atoms with Crippen LogP contribution in [-0.4, -0.2) is 35.1 Å². The molecule has 4 heteroatoms. The van der Waals surface area contributed by atoms with Gasteiger partial charge in [0.1, 0.15) is 0 Å². The third-order valence-corrected chi connectivity index (χ3v) is 3.87. The van der Waals surface area contributed by atoms with Crippen molar-refractivity contribution >= 4 is 11.6 Å². The molecule has 2 rings (SSSR count). The smallest absolute Gasteiger partial charge is 0.222 e. The molecule has 0 aliphatic carbocycles. The van der Waals surface area contributed by atoms with Crippen molar-refractivity contribution in [2.45, 2.75) is 32.3 Å². The highest BCUT2D eigenvalue weighted by atomic mass is 16.3. The van der Waals surface area contributed by atoms with Crippen LogP contribution in [0, 0.1) is 5.92 Å². The summed E-state index contributed by atoms with van der Waals surface area (Å²) >= 11 is 0. The third-order valence-electron chi connectivity index (χ3n) is 3.87. The second-order valence-electron chi connectivity index (χ2n) is 5.37. The fourth-order valence-corrected chi connectivity index (χ4v) is 2.50. The van der Waals surface area contributed by atoms with Gasteiger partial charge in [0.15, 0.2) is 0 Å². The summed E-state index contributed by atoms with van der Waals surface area (Å²) in [5, 5.41) is 9.54. The Hall–Kier alpha value is -1.55. The molecule has 0 saturated carbocycles. The Balaban J connectivity index is 1.80. The number of nitrogen functional groups attached to an aromatic ring is 1. The highest BCUT2D eigenvalue weighted by molar-refractivity contribution is 5.76. The maximum atomic E-state index is 12.1. The summed E-state index contributed by atoms with van der Waals surface area (Å²) in [6.45, 7) is 3.27. The van der Waals surface area contributed by atoms with Crippen LogP contribution >= 0.6 is 0 Å². The lowest BCUT2D eigenvalue weighted by atomic mass is 10.0. The Kier molecular flexibility index (Phi) is 4.43. The van der Waals surface area contributed by atoms with Gasteiger partial charge in [-0.1, -0.05) is 12.1 Å². The number of hydrogen-bond donors (Lipinski definition) is 2. The number of aliphatic hydroxyl groups excluding tert-OH is 1. The van der Waals surface area contributed by atoms with E-state index in [9.17, 15) is 9.90 Å². The molecule has 1 aliphatic heterocycles. The van der Waals surface area contributed by atoms with E-state index >= 15 is 0 Å². The van der Waals surface area contributed by atoms with Crippen molar-refractivity contribution in [3.8, 4) is 0 Å². The van der Waals surface area contributed by atoms with Crippen LogP contribution < -0.4 is 5.73 Å². The minimum atomic E-state index is -0.324. The van der Waals surface area contributed by atoms with Gasteiger partial charge in [0, 0.05) is 31.1 Å². The zero-order valence-corrected chi connectivity index (χ0v) is 11.4. The lowest BCUT2D eigenvalue weighted by molar-refractivity contribution is -0.130. The Bertz CT molecular complexity index is 428. The molecule has 0 bridgehead atoms. The fraction of sp³-hybridized carbons (Fsp3) is 0.533. The molecule has 3 N–H and O–H groups in total. The first kappa shape index (κ1) is 13.9. The second kappa shape index (κ2) is 6.06. The second-order valence-corrected chi connectivity index (χ2v) is 5.37. The van der Waals surface area contributed by atoms with E-state index in [0.29, 0.717) is 13.0 Å². The molecule has 4 nitrogen and oxygen atoms in total. The number of rotatable bonds is 4. The van der Waals surface area contributed by atoms with Crippen molar-refractivity contribution in [2.24, 2.45) is 5.92 Å². The van der Waals surface area contributed by atoms with Crippen molar-refractivity contribution in [3.05, 3.63) is 29.8 Å². The van der Waals surface area contributed by atoms with E-state index in [1.54, 1.807) is 6.92 Å². The lowest BCUT2D eigenvalue weighted by Gasteiger charge is -2.17. The van der Waals surface area contributed by atoms with Gasteiger partial charge in [-0.3, -0.25) is 4.79 Å². The Labute approximate surface area is 114 Å². The van der Waals surface area contributed by atoms with E-state index < -0.39 is 0 Å². The number of nitrogens with two attached hydrogens (primary N) is 1. The van der Waals surface area contributed by atoms with Gasteiger partial charge in [-0.25, -0.2) is 0 Å². The minimum absolute atomic E-state index is 0.181. The van der Waals surface area contributed by atoms with Crippen LogP contribution in [0.4, 0.5) is 5.69 Å². The minimum Gasteiger partial charge on any atom is -0.399 e. The van der Waals surface area contributed by atoms with Gasteiger partial charge in [-0.2, -0.15) is 0 Å². The number of carbonyl (C=O) groups excluding carboxylic acids is 1. The Morgan fingerprint density at radius 3 is 2.74 bits per heavy atom. The monoisotopic (exact) mass is 262 g/mol. The third kappa shape index (κ3) is 3.70. The van der Waals surface area contributed by atoms with Gasteiger partial charge in [-0.05, 0) is 37.5 Å². The van der Waals surface area contributed by atoms with Crippen molar-refractivity contribution in [2.75, 3.05) is 18.8 Å². The molecule has 1 aromatic carbocycles. The molecular formula is C15H22N2O2. The van der Waals surface area contributed by atoms with Crippen LogP contribution in [0.1, 0.15) is 25.3 Å². The number of aliphatic hydroxyl groups is 1. The van der Waals surface area contributed by atoms with Crippen LogP contribution in [0.25, 0.3) is 0 Å². The summed E-state index contributed by atoms with van der Waals surface area (Å²) in [4.78, 5) is 13.9. The molecule has 19 heavy (non-hydrogen) atoms. The normalized spacial score (nSPS) is 20.5. The number of hydrogen-bond acceptors (Lipinski definition) is 3. The first-order valence-electron chi connectivity index (χ1n) is 6.86. The standard InChI is InChI=1S/C15H22N2O2/c1-11(18)13-8-9-17(10-13)15(19)7-4-12-2-5-14(16)6-3-12/h2-3,5-6,11,13,18H,4,7-10,16H2,1H3. The summed E-state index contributed by atoms with van der Waals surface area (Å²) in [6.07, 6.45) is 1.85. The molecule has 0 radical (unpaired) electrons. The average molecular weight is 262 g/mol. The van der Waals surface area contributed by atoms with Crippen molar-refractivity contribution < 1.29 is 9.90 Å². The number of amides is 1. The number of likely N-dealkylation sites (tertiary alicyclic amines) is 1. The molecule has 0 spiro atoms. The predicted octanol–water partition coefficient (Wildman–Crippen LogP) is 1.43. The van der Waals surface area contributed by atoms with Crippen molar-refractivity contribution in [1.29, 1.82) is 0 Å². The first-order valence-corrected chi connectivity index (χ1v) is 6.86. The van der Waals surface area contributed by atoms with Crippen LogP contribution in [0.3, 0.4) is 0 Å². The Morgan fingerprint density at radius 1 is 1.47 bits per heavy atom. The fourth-order valence-electron chi connectivity index (χ4n) is 2.50. The molecule has 1 heterocycles. The average Bonchev–Trinajstić information content (AvgIpc) is 2.87. The van der Waals surface area contributed by atoms with Crippen molar-refractivity contribution in [1.82, 2.24) is 4.90 Å². The lowest BCUT2D eigenvalue weighted by Crippen LogP contribution is -2.30. The van der Waals surface area contributed by atoms with Crippen LogP contribution in [0.15, 0.2) is 24.3 Å². The van der Waals surface area contributed by atoms with E-state index in [1.807, 2.05) is 29.2 Å². The van der Waals surface area contributed by atoms with Gasteiger partial charge < -0.3 is 15.7 Å². The van der Waals surface area contributed by atoms with Gasteiger partial charge in [0.25, 0.3) is 0 Å². The van der Waals surface area contributed by atoms with E-state index in [-0.39, 0.29) is 17.9 Å². The Morgan fingerprint density at radius 2 is 2.16 bits per heavy atom. The van der Waals surface area contributed by atoms with E-state index in [4.69, 9.17) is 5.73 Å². The molecule has 0 aromatic heterocycles. The van der Waals surface area contributed by atoms with Gasteiger partial charge in [0.05, 0.1) is 6.10 Å². The predicted molar refractivity (Wildman–Crippen MR) is 75.5 cm³/mol. The van der Waals surface area contributed by atoms with Gasteiger partial charge in [0.2, 0.25) is 5.91 Å². The van der Waals surface area contributed by atoms with E-state index in [1.165, 1.54) is 0 Å². The van der Waals surface area contributed by atoms with E-state index in [2.05, 4.69) is 0 Å². The maximum absolute atomic E-state index is 12.1. The zero-order valence-electron chi connectivity index (χ0n) is 11.4. The summed E-state index contributed by atoms with van der Waals surface area (Å²) in [7, 11) is 0.